The molecule has 11 heteroatoms. The number of nitrogens with zero attached hydrogens (tertiary/aromatic N) is 2. The molecular weight excluding hydrogens is 621 g/mol. The number of sulfonamides is 1. The van der Waals surface area contributed by atoms with Gasteiger partial charge in [0.2, 0.25) is 11.8 Å². The van der Waals surface area contributed by atoms with E-state index in [-0.39, 0.29) is 28.9 Å². The second-order valence-electron chi connectivity index (χ2n) is 10.5. The van der Waals surface area contributed by atoms with Crippen LogP contribution >= 0.6 is 23.2 Å². The molecule has 0 aliphatic rings. The quantitative estimate of drug-likeness (QED) is 0.112. The lowest BCUT2D eigenvalue weighted by molar-refractivity contribution is 0.0970. The number of allylic oxidation sites excluding steroid dienone is 1. The molecule has 0 amide bonds. The molecule has 0 aliphatic heterocycles. The number of ketones is 1. The highest BCUT2D eigenvalue weighted by molar-refractivity contribution is 7.92. The Labute approximate surface area is 265 Å². The first-order valence-electron chi connectivity index (χ1n) is 13.7. The van der Waals surface area contributed by atoms with Crippen LogP contribution in [0.15, 0.2) is 99.1 Å². The number of aromatic nitrogens is 2. The summed E-state index contributed by atoms with van der Waals surface area (Å²) in [5.74, 6) is 0.132. The number of carbonyl (C=O) groups is 1. The van der Waals surface area contributed by atoms with E-state index in [9.17, 15) is 13.2 Å². The van der Waals surface area contributed by atoms with E-state index in [0.29, 0.717) is 55.9 Å². The Morgan fingerprint density at radius 1 is 1.05 bits per heavy atom. The maximum Gasteiger partial charge on any atom is 0.264 e. The Kier molecular flexibility index (Phi) is 9.10. The summed E-state index contributed by atoms with van der Waals surface area (Å²) in [5, 5.41) is 4.60. The van der Waals surface area contributed by atoms with Gasteiger partial charge in [-0.2, -0.15) is 0 Å². The molecule has 1 atom stereocenters. The first-order chi connectivity index (χ1) is 20.9. The van der Waals surface area contributed by atoms with Crippen molar-refractivity contribution < 1.29 is 22.2 Å². The minimum absolute atomic E-state index is 0.0597. The molecule has 0 radical (unpaired) electrons. The van der Waals surface area contributed by atoms with E-state index >= 15 is 0 Å². The number of Topliss-reactive ketones (excluding diaryl/α,β-unsaturated/α-hetero) is 1. The summed E-state index contributed by atoms with van der Waals surface area (Å²) in [6.07, 6.45) is 3.57. The summed E-state index contributed by atoms with van der Waals surface area (Å²) >= 11 is 12.3. The number of hydrogen-bond donors (Lipinski definition) is 1. The fourth-order valence-electron chi connectivity index (χ4n) is 4.78. The van der Waals surface area contributed by atoms with Crippen LogP contribution in [-0.4, -0.2) is 24.3 Å². The summed E-state index contributed by atoms with van der Waals surface area (Å²) in [6, 6.07) is 17.1. The fraction of sp³-hybridized carbons (Fsp3) is 0.182. The first-order valence-corrected chi connectivity index (χ1v) is 15.9. The van der Waals surface area contributed by atoms with Gasteiger partial charge in [-0.1, -0.05) is 71.7 Å². The molecule has 44 heavy (non-hydrogen) atoms. The second-order valence-corrected chi connectivity index (χ2v) is 13.0. The van der Waals surface area contributed by atoms with Crippen LogP contribution < -0.4 is 4.72 Å². The third kappa shape index (κ3) is 6.65. The average Bonchev–Trinajstić information content (AvgIpc) is 3.63. The van der Waals surface area contributed by atoms with E-state index in [1.54, 1.807) is 56.4 Å². The van der Waals surface area contributed by atoms with Crippen LogP contribution in [0.3, 0.4) is 0 Å². The van der Waals surface area contributed by atoms with Gasteiger partial charge < -0.3 is 8.94 Å². The van der Waals surface area contributed by atoms with E-state index in [1.165, 1.54) is 12.3 Å². The summed E-state index contributed by atoms with van der Waals surface area (Å²) in [4.78, 5) is 17.4. The molecule has 2 heterocycles. The average molecular weight is 651 g/mol. The van der Waals surface area contributed by atoms with Gasteiger partial charge in [-0.25, -0.2) is 18.1 Å². The predicted molar refractivity (Wildman–Crippen MR) is 172 cm³/mol. The Hall–Kier alpha value is -4.18. The van der Waals surface area contributed by atoms with Crippen molar-refractivity contribution in [2.45, 2.75) is 38.5 Å². The Morgan fingerprint density at radius 3 is 2.50 bits per heavy atom. The van der Waals surface area contributed by atoms with Crippen molar-refractivity contribution in [3.63, 3.8) is 0 Å². The number of halogens is 2. The molecule has 0 spiro atoms. The number of benzene rings is 3. The highest BCUT2D eigenvalue weighted by atomic mass is 35.5. The van der Waals surface area contributed by atoms with E-state index in [1.807, 2.05) is 25.1 Å². The Bertz CT molecular complexity index is 1970. The van der Waals surface area contributed by atoms with Crippen molar-refractivity contribution in [1.29, 1.82) is 0 Å². The van der Waals surface area contributed by atoms with Gasteiger partial charge in [0.05, 0.1) is 21.8 Å². The third-order valence-corrected chi connectivity index (χ3v) is 9.41. The maximum atomic E-state index is 13.7. The van der Waals surface area contributed by atoms with Crippen LogP contribution in [0.4, 0.5) is 5.88 Å². The Balaban J connectivity index is 1.50. The van der Waals surface area contributed by atoms with Gasteiger partial charge in [0.15, 0.2) is 5.78 Å². The van der Waals surface area contributed by atoms with Gasteiger partial charge in [0.25, 0.3) is 10.0 Å². The number of hydrogen-bond acceptors (Lipinski definition) is 7. The molecule has 5 aromatic rings. The molecule has 3 aromatic carbocycles. The van der Waals surface area contributed by atoms with Gasteiger partial charge in [-0.05, 0) is 73.7 Å². The topological polar surface area (TPSA) is 115 Å². The number of carbonyl (C=O) groups excluding carboxylic acids is 1. The highest BCUT2D eigenvalue weighted by Crippen LogP contribution is 2.36. The minimum Gasteiger partial charge on any atom is -0.445 e. The number of anilines is 1. The lowest BCUT2D eigenvalue weighted by Crippen LogP contribution is -2.15. The van der Waals surface area contributed by atoms with Crippen molar-refractivity contribution in [1.82, 2.24) is 10.1 Å². The molecule has 226 valence electrons. The van der Waals surface area contributed by atoms with Crippen LogP contribution in [0.5, 0.6) is 0 Å². The number of oxazole rings is 1. The largest absolute Gasteiger partial charge is 0.445 e. The SMILES string of the molecule is C=C(Cc1cc(-c2ncco2)ccc1-c1ccccc1S(=O)(=O)Nc1onc(C)c1C)C(C)CC(=O)c1ccc(Cl)cc1Cl. The van der Waals surface area contributed by atoms with Gasteiger partial charge in [0.1, 0.15) is 6.26 Å². The van der Waals surface area contributed by atoms with Gasteiger partial charge >= 0.3 is 0 Å². The van der Waals surface area contributed by atoms with Gasteiger partial charge in [0, 0.05) is 33.7 Å². The van der Waals surface area contributed by atoms with E-state index in [4.69, 9.17) is 32.1 Å². The maximum absolute atomic E-state index is 13.7. The van der Waals surface area contributed by atoms with Crippen LogP contribution in [0.1, 0.15) is 40.5 Å². The molecular formula is C33H29Cl2N3O5S. The molecule has 0 fully saturated rings. The Morgan fingerprint density at radius 2 is 1.82 bits per heavy atom. The zero-order chi connectivity index (χ0) is 31.6. The number of rotatable bonds is 11. The lowest BCUT2D eigenvalue weighted by atomic mass is 9.87. The fourth-order valence-corrected chi connectivity index (χ4v) is 6.56. The summed E-state index contributed by atoms with van der Waals surface area (Å²) in [5.41, 5.74) is 5.01. The second kappa shape index (κ2) is 12.8. The normalized spacial score (nSPS) is 12.2. The molecule has 0 saturated heterocycles. The van der Waals surface area contributed by atoms with Crippen molar-refractivity contribution in [3.05, 3.63) is 118 Å². The molecule has 8 nitrogen and oxygen atoms in total. The monoisotopic (exact) mass is 649 g/mol. The number of nitrogens with one attached hydrogen (secondary N) is 1. The predicted octanol–water partition coefficient (Wildman–Crippen LogP) is 8.73. The van der Waals surface area contributed by atoms with Crippen LogP contribution in [-0.2, 0) is 16.4 Å². The molecule has 0 saturated carbocycles. The van der Waals surface area contributed by atoms with Crippen molar-refractivity contribution in [3.8, 4) is 22.6 Å². The summed E-state index contributed by atoms with van der Waals surface area (Å²) < 4.78 is 40.6. The highest BCUT2D eigenvalue weighted by Gasteiger charge is 2.25. The van der Waals surface area contributed by atoms with Crippen molar-refractivity contribution >= 4 is 44.9 Å². The van der Waals surface area contributed by atoms with Crippen molar-refractivity contribution in [2.75, 3.05) is 4.72 Å². The summed E-state index contributed by atoms with van der Waals surface area (Å²) in [7, 11) is -4.07. The van der Waals surface area contributed by atoms with Gasteiger partial charge in [-0.15, -0.1) is 0 Å². The third-order valence-electron chi connectivity index (χ3n) is 7.47. The van der Waals surface area contributed by atoms with Crippen LogP contribution in [0.2, 0.25) is 10.0 Å². The van der Waals surface area contributed by atoms with Gasteiger partial charge in [-0.3, -0.25) is 4.79 Å². The zero-order valence-electron chi connectivity index (χ0n) is 24.2. The number of aryl methyl sites for hydroxylation is 1. The van der Waals surface area contributed by atoms with Crippen LogP contribution in [0.25, 0.3) is 22.6 Å². The van der Waals surface area contributed by atoms with Crippen LogP contribution in [0, 0.1) is 19.8 Å². The zero-order valence-corrected chi connectivity index (χ0v) is 26.6. The molecule has 0 aliphatic carbocycles. The smallest absolute Gasteiger partial charge is 0.264 e. The minimum atomic E-state index is -4.07. The van der Waals surface area contributed by atoms with E-state index < -0.39 is 10.0 Å². The van der Waals surface area contributed by atoms with E-state index in [2.05, 4.69) is 21.4 Å². The first kappa shape index (κ1) is 31.3. The molecule has 2 aromatic heterocycles. The molecule has 5 rings (SSSR count). The lowest BCUT2D eigenvalue weighted by Gasteiger charge is -2.19. The molecule has 1 N–H and O–H groups in total. The molecule has 0 bridgehead atoms. The van der Waals surface area contributed by atoms with Crippen molar-refractivity contribution in [2.24, 2.45) is 5.92 Å². The summed E-state index contributed by atoms with van der Waals surface area (Å²) in [6.45, 7) is 9.69. The standard InChI is InChI=1S/C33H29Cl2N3O5S/c1-19(20(2)16-30(39)28-12-10-25(34)18-29(28)35)15-24-17-23(33-36-13-14-42-33)9-11-26(24)27-7-5-6-8-31(27)44(40,41)38-32-21(3)22(4)37-43-32/h5-14,17-18,20,38H,1,15-16H2,2-4H3. The van der Waals surface area contributed by atoms with E-state index in [0.717, 1.165) is 11.1 Å². The molecule has 1 unspecified atom stereocenters.